The lowest BCUT2D eigenvalue weighted by molar-refractivity contribution is 0.412. The van der Waals surface area contributed by atoms with Gasteiger partial charge in [0, 0.05) is 5.56 Å². The molecule has 18 heavy (non-hydrogen) atoms. The van der Waals surface area contributed by atoms with Crippen LogP contribution in [0.25, 0.3) is 5.57 Å². The van der Waals surface area contributed by atoms with Gasteiger partial charge in [-0.15, -0.1) is 0 Å². The lowest BCUT2D eigenvalue weighted by atomic mass is 9.97. The van der Waals surface area contributed by atoms with E-state index >= 15 is 0 Å². The fraction of sp³-hybridized carbons (Fsp3) is 0.500. The quantitative estimate of drug-likeness (QED) is 0.772. The van der Waals surface area contributed by atoms with Crippen LogP contribution in [-0.4, -0.2) is 13.7 Å². The van der Waals surface area contributed by atoms with Crippen molar-refractivity contribution in [2.24, 2.45) is 5.73 Å². The molecule has 0 saturated carbocycles. The SMILES string of the molecule is COc1cc(C(C)C)ccc1/C(C)=C/CCCN. The monoisotopic (exact) mass is 247 g/mol. The van der Waals surface area contributed by atoms with Crippen LogP contribution >= 0.6 is 0 Å². The molecule has 0 heterocycles. The van der Waals surface area contributed by atoms with Gasteiger partial charge in [0.25, 0.3) is 0 Å². The molecule has 1 rings (SSSR count). The molecule has 2 heteroatoms. The van der Waals surface area contributed by atoms with Crippen LogP contribution in [0.3, 0.4) is 0 Å². The van der Waals surface area contributed by atoms with Gasteiger partial charge in [0.2, 0.25) is 0 Å². The molecule has 0 aliphatic heterocycles. The van der Waals surface area contributed by atoms with E-state index in [4.69, 9.17) is 10.5 Å². The van der Waals surface area contributed by atoms with Gasteiger partial charge in [-0.3, -0.25) is 0 Å². The number of benzene rings is 1. The standard InChI is InChI=1S/C16H25NO/c1-12(2)14-8-9-15(16(11-14)18-4)13(3)7-5-6-10-17/h7-9,11-12H,5-6,10,17H2,1-4H3/b13-7+. The van der Waals surface area contributed by atoms with Crippen LogP contribution in [0.1, 0.15) is 50.7 Å². The third-order valence-electron chi connectivity index (χ3n) is 3.18. The summed E-state index contributed by atoms with van der Waals surface area (Å²) in [5, 5.41) is 0. The van der Waals surface area contributed by atoms with Crippen molar-refractivity contribution in [3.05, 3.63) is 35.4 Å². The molecule has 2 nitrogen and oxygen atoms in total. The molecule has 100 valence electrons. The number of hydrogen-bond acceptors (Lipinski definition) is 2. The number of methoxy groups -OCH3 is 1. The summed E-state index contributed by atoms with van der Waals surface area (Å²) in [5.41, 5.74) is 9.26. The normalized spacial score (nSPS) is 12.0. The average Bonchev–Trinajstić information content (AvgIpc) is 2.38. The van der Waals surface area contributed by atoms with Crippen molar-refractivity contribution in [3.63, 3.8) is 0 Å². The second kappa shape index (κ2) is 7.22. The summed E-state index contributed by atoms with van der Waals surface area (Å²) in [6.45, 7) is 7.26. The molecule has 0 aliphatic rings. The van der Waals surface area contributed by atoms with Crippen LogP contribution in [0.5, 0.6) is 5.75 Å². The van der Waals surface area contributed by atoms with E-state index in [9.17, 15) is 0 Å². The average molecular weight is 247 g/mol. The molecule has 0 saturated heterocycles. The molecule has 0 spiro atoms. The lowest BCUT2D eigenvalue weighted by Gasteiger charge is -2.13. The van der Waals surface area contributed by atoms with Crippen LogP contribution < -0.4 is 10.5 Å². The smallest absolute Gasteiger partial charge is 0.126 e. The van der Waals surface area contributed by atoms with Gasteiger partial charge in [0.1, 0.15) is 5.75 Å². The molecule has 1 aromatic carbocycles. The van der Waals surface area contributed by atoms with Gasteiger partial charge in [-0.25, -0.2) is 0 Å². The predicted molar refractivity (Wildman–Crippen MR) is 79.0 cm³/mol. The van der Waals surface area contributed by atoms with Crippen molar-refractivity contribution in [3.8, 4) is 5.75 Å². The first-order valence-corrected chi connectivity index (χ1v) is 6.65. The Hall–Kier alpha value is -1.28. The highest BCUT2D eigenvalue weighted by atomic mass is 16.5. The number of unbranched alkanes of at least 4 members (excludes halogenated alkanes) is 1. The van der Waals surface area contributed by atoms with Crippen molar-refractivity contribution in [1.29, 1.82) is 0 Å². The number of allylic oxidation sites excluding steroid dienone is 2. The Bertz CT molecular complexity index is 408. The number of ether oxygens (including phenoxy) is 1. The van der Waals surface area contributed by atoms with Crippen molar-refractivity contribution in [2.75, 3.05) is 13.7 Å². The highest BCUT2D eigenvalue weighted by Crippen LogP contribution is 2.29. The summed E-state index contributed by atoms with van der Waals surface area (Å²) < 4.78 is 5.50. The van der Waals surface area contributed by atoms with Crippen LogP contribution in [0, 0.1) is 0 Å². The first-order valence-electron chi connectivity index (χ1n) is 6.65. The highest BCUT2D eigenvalue weighted by Gasteiger charge is 2.07. The zero-order valence-corrected chi connectivity index (χ0v) is 12.0. The van der Waals surface area contributed by atoms with Gasteiger partial charge < -0.3 is 10.5 Å². The minimum atomic E-state index is 0.523. The zero-order valence-electron chi connectivity index (χ0n) is 12.0. The van der Waals surface area contributed by atoms with Crippen molar-refractivity contribution in [2.45, 2.75) is 39.5 Å². The maximum absolute atomic E-state index is 5.51. The Kier molecular flexibility index (Phi) is 5.93. The van der Waals surface area contributed by atoms with E-state index < -0.39 is 0 Å². The molecule has 0 aliphatic carbocycles. The van der Waals surface area contributed by atoms with E-state index in [1.165, 1.54) is 16.7 Å². The van der Waals surface area contributed by atoms with E-state index in [0.29, 0.717) is 5.92 Å². The van der Waals surface area contributed by atoms with Crippen LogP contribution in [-0.2, 0) is 0 Å². The number of nitrogens with two attached hydrogens (primary N) is 1. The maximum Gasteiger partial charge on any atom is 0.126 e. The molecule has 0 aromatic heterocycles. The molecular formula is C16H25NO. The second-order valence-electron chi connectivity index (χ2n) is 4.93. The van der Waals surface area contributed by atoms with E-state index in [1.54, 1.807) is 7.11 Å². The molecular weight excluding hydrogens is 222 g/mol. The first-order chi connectivity index (χ1) is 8.60. The summed E-state index contributed by atoms with van der Waals surface area (Å²) >= 11 is 0. The van der Waals surface area contributed by atoms with E-state index in [-0.39, 0.29) is 0 Å². The molecule has 0 atom stereocenters. The van der Waals surface area contributed by atoms with Gasteiger partial charge in [0.05, 0.1) is 7.11 Å². The minimum Gasteiger partial charge on any atom is -0.496 e. The Balaban J connectivity index is 2.98. The molecule has 0 fully saturated rings. The Morgan fingerprint density at radius 2 is 2.11 bits per heavy atom. The number of rotatable bonds is 6. The fourth-order valence-corrected chi connectivity index (χ4v) is 1.94. The van der Waals surface area contributed by atoms with Gasteiger partial charge in [-0.2, -0.15) is 0 Å². The second-order valence-corrected chi connectivity index (χ2v) is 4.93. The molecule has 0 amide bonds. The zero-order chi connectivity index (χ0) is 13.5. The van der Waals surface area contributed by atoms with E-state index in [0.717, 1.165) is 25.1 Å². The first kappa shape index (κ1) is 14.8. The third-order valence-corrected chi connectivity index (χ3v) is 3.18. The van der Waals surface area contributed by atoms with Crippen LogP contribution in [0.15, 0.2) is 24.3 Å². The highest BCUT2D eigenvalue weighted by molar-refractivity contribution is 5.69. The van der Waals surface area contributed by atoms with Gasteiger partial charge in [0.15, 0.2) is 0 Å². The molecule has 0 bridgehead atoms. The minimum absolute atomic E-state index is 0.523. The van der Waals surface area contributed by atoms with E-state index in [1.807, 2.05) is 0 Å². The predicted octanol–water partition coefficient (Wildman–Crippen LogP) is 3.96. The maximum atomic E-state index is 5.51. The van der Waals surface area contributed by atoms with Crippen LogP contribution in [0.2, 0.25) is 0 Å². The topological polar surface area (TPSA) is 35.2 Å². The Labute approximate surface area is 111 Å². The Morgan fingerprint density at radius 1 is 1.39 bits per heavy atom. The summed E-state index contributed by atoms with van der Waals surface area (Å²) in [6, 6.07) is 6.48. The van der Waals surface area contributed by atoms with Crippen molar-refractivity contribution in [1.82, 2.24) is 0 Å². The summed E-state index contributed by atoms with van der Waals surface area (Å²) in [4.78, 5) is 0. The van der Waals surface area contributed by atoms with Gasteiger partial charge >= 0.3 is 0 Å². The number of hydrogen-bond donors (Lipinski definition) is 1. The van der Waals surface area contributed by atoms with Crippen LogP contribution in [0.4, 0.5) is 0 Å². The largest absolute Gasteiger partial charge is 0.496 e. The molecule has 1 aromatic rings. The summed E-state index contributed by atoms with van der Waals surface area (Å²) in [6.07, 6.45) is 4.29. The summed E-state index contributed by atoms with van der Waals surface area (Å²) in [5.74, 6) is 1.48. The molecule has 2 N–H and O–H groups in total. The summed E-state index contributed by atoms with van der Waals surface area (Å²) in [7, 11) is 1.73. The molecule has 0 radical (unpaired) electrons. The third kappa shape index (κ3) is 3.88. The van der Waals surface area contributed by atoms with Crippen molar-refractivity contribution < 1.29 is 4.74 Å². The van der Waals surface area contributed by atoms with Gasteiger partial charge in [-0.1, -0.05) is 32.1 Å². The Morgan fingerprint density at radius 3 is 2.67 bits per heavy atom. The molecule has 0 unspecified atom stereocenters. The van der Waals surface area contributed by atoms with E-state index in [2.05, 4.69) is 45.0 Å². The lowest BCUT2D eigenvalue weighted by Crippen LogP contribution is -1.97. The van der Waals surface area contributed by atoms with Gasteiger partial charge in [-0.05, 0) is 49.4 Å². The van der Waals surface area contributed by atoms with Crippen molar-refractivity contribution >= 4 is 5.57 Å². The fourth-order valence-electron chi connectivity index (χ4n) is 1.94.